The third-order valence-electron chi connectivity index (χ3n) is 6.49. The van der Waals surface area contributed by atoms with Crippen molar-refractivity contribution in [2.45, 2.75) is 69.2 Å². The van der Waals surface area contributed by atoms with E-state index in [-0.39, 0.29) is 0 Å². The molecule has 0 aliphatic heterocycles. The van der Waals surface area contributed by atoms with Crippen LogP contribution in [0.3, 0.4) is 0 Å². The average Bonchev–Trinajstić information content (AvgIpc) is 3.53. The van der Waals surface area contributed by atoms with Crippen LogP contribution in [0.1, 0.15) is 45.4 Å². The lowest BCUT2D eigenvalue weighted by Crippen LogP contribution is -2.42. The first-order valence-electron chi connectivity index (χ1n) is 11.7. The molecule has 32 heavy (non-hydrogen) atoms. The molecule has 1 aromatic carbocycles. The third kappa shape index (κ3) is 6.35. The van der Waals surface area contributed by atoms with Gasteiger partial charge in [-0.2, -0.15) is 0 Å². The molecule has 2 fully saturated rings. The molecular formula is C25H35ClN4O2. The second kappa shape index (κ2) is 10.4. The first-order chi connectivity index (χ1) is 15.4. The standard InChI is InChI=1S/C25H35ClN4O2/c1-17(15-32-2)29-19-6-8-20(9-7-19)30-24-13-22(23(26)14-27-24)18-4-3-5-21(12-18)28-16-25(31)10-11-25/h3-5,12-14,17,19-20,28-29,31H,6-11,15-16H2,1-2H3,(H,27,30). The molecule has 4 rings (SSSR count). The quantitative estimate of drug-likeness (QED) is 0.414. The van der Waals surface area contributed by atoms with Gasteiger partial charge in [0.15, 0.2) is 0 Å². The largest absolute Gasteiger partial charge is 0.388 e. The lowest BCUT2D eigenvalue weighted by atomic mass is 9.90. The third-order valence-corrected chi connectivity index (χ3v) is 6.79. The van der Waals surface area contributed by atoms with Crippen molar-refractivity contribution >= 4 is 23.1 Å². The van der Waals surface area contributed by atoms with E-state index in [1.54, 1.807) is 13.3 Å². The van der Waals surface area contributed by atoms with Gasteiger partial charge < -0.3 is 25.8 Å². The van der Waals surface area contributed by atoms with Crippen LogP contribution in [0.2, 0.25) is 5.02 Å². The lowest BCUT2D eigenvalue weighted by Gasteiger charge is -2.32. The van der Waals surface area contributed by atoms with Crippen LogP contribution in [0.4, 0.5) is 11.5 Å². The summed E-state index contributed by atoms with van der Waals surface area (Å²) < 4.78 is 5.23. The molecule has 0 spiro atoms. The van der Waals surface area contributed by atoms with Crippen molar-refractivity contribution in [1.29, 1.82) is 0 Å². The van der Waals surface area contributed by atoms with E-state index in [1.165, 1.54) is 0 Å². The number of pyridine rings is 1. The van der Waals surface area contributed by atoms with Crippen molar-refractivity contribution in [1.82, 2.24) is 10.3 Å². The second-order valence-electron chi connectivity index (χ2n) is 9.42. The number of nitrogens with zero attached hydrogens (tertiary/aromatic N) is 1. The summed E-state index contributed by atoms with van der Waals surface area (Å²) in [5, 5.41) is 21.3. The number of benzene rings is 1. The number of hydrogen-bond acceptors (Lipinski definition) is 6. The zero-order valence-electron chi connectivity index (χ0n) is 19.0. The van der Waals surface area contributed by atoms with Gasteiger partial charge in [-0.1, -0.05) is 23.7 Å². The van der Waals surface area contributed by atoms with E-state index in [9.17, 15) is 5.11 Å². The average molecular weight is 459 g/mol. The van der Waals surface area contributed by atoms with Gasteiger partial charge >= 0.3 is 0 Å². The van der Waals surface area contributed by atoms with E-state index in [4.69, 9.17) is 16.3 Å². The van der Waals surface area contributed by atoms with Crippen LogP contribution >= 0.6 is 11.6 Å². The Kier molecular flexibility index (Phi) is 7.56. The summed E-state index contributed by atoms with van der Waals surface area (Å²) in [4.78, 5) is 4.53. The molecule has 1 atom stereocenters. The van der Waals surface area contributed by atoms with Crippen LogP contribution in [0.15, 0.2) is 36.5 Å². The number of methoxy groups -OCH3 is 1. The summed E-state index contributed by atoms with van der Waals surface area (Å²) >= 11 is 6.51. The molecule has 2 aliphatic rings. The number of halogens is 1. The molecule has 1 unspecified atom stereocenters. The van der Waals surface area contributed by atoms with Crippen LogP contribution in [-0.4, -0.2) is 54.1 Å². The number of nitrogens with one attached hydrogen (secondary N) is 3. The Bertz CT molecular complexity index is 897. The maximum atomic E-state index is 10.1. The Morgan fingerprint density at radius 2 is 1.94 bits per heavy atom. The summed E-state index contributed by atoms with van der Waals surface area (Å²) in [5.41, 5.74) is 2.45. The molecule has 6 nitrogen and oxygen atoms in total. The predicted octanol–water partition coefficient (Wildman–Crippen LogP) is 4.69. The minimum Gasteiger partial charge on any atom is -0.388 e. The smallest absolute Gasteiger partial charge is 0.126 e. The van der Waals surface area contributed by atoms with E-state index in [1.807, 2.05) is 18.2 Å². The van der Waals surface area contributed by atoms with Gasteiger partial charge in [-0.3, -0.25) is 0 Å². The van der Waals surface area contributed by atoms with Crippen LogP contribution in [0.25, 0.3) is 11.1 Å². The molecule has 4 N–H and O–H groups in total. The van der Waals surface area contributed by atoms with Gasteiger partial charge in [-0.15, -0.1) is 0 Å². The Morgan fingerprint density at radius 1 is 1.19 bits per heavy atom. The zero-order valence-corrected chi connectivity index (χ0v) is 19.8. The van der Waals surface area contributed by atoms with Gasteiger partial charge in [0.25, 0.3) is 0 Å². The van der Waals surface area contributed by atoms with Crippen molar-refractivity contribution < 1.29 is 9.84 Å². The summed E-state index contributed by atoms with van der Waals surface area (Å²) in [6.45, 7) is 3.49. The van der Waals surface area contributed by atoms with E-state index in [0.717, 1.165) is 67.8 Å². The van der Waals surface area contributed by atoms with Crippen molar-refractivity contribution in [3.8, 4) is 11.1 Å². The Hall–Kier alpha value is -1.86. The Labute approximate surface area is 196 Å². The first kappa shape index (κ1) is 23.3. The number of hydrogen-bond donors (Lipinski definition) is 4. The topological polar surface area (TPSA) is 78.4 Å². The molecule has 0 amide bonds. The molecule has 0 radical (unpaired) electrons. The fourth-order valence-corrected chi connectivity index (χ4v) is 4.65. The highest BCUT2D eigenvalue weighted by molar-refractivity contribution is 6.33. The Morgan fingerprint density at radius 3 is 2.66 bits per heavy atom. The van der Waals surface area contributed by atoms with Gasteiger partial charge in [0.05, 0.1) is 17.2 Å². The highest BCUT2D eigenvalue weighted by Crippen LogP contribution is 2.36. The van der Waals surface area contributed by atoms with Crippen LogP contribution in [-0.2, 0) is 4.74 Å². The Balaban J connectivity index is 1.36. The van der Waals surface area contributed by atoms with E-state index in [0.29, 0.717) is 29.7 Å². The van der Waals surface area contributed by atoms with Gasteiger partial charge in [0, 0.05) is 49.2 Å². The molecule has 1 heterocycles. The fourth-order valence-electron chi connectivity index (χ4n) is 4.44. The first-order valence-corrected chi connectivity index (χ1v) is 12.1. The molecule has 0 bridgehead atoms. The number of anilines is 2. The molecule has 174 valence electrons. The second-order valence-corrected chi connectivity index (χ2v) is 9.83. The van der Waals surface area contributed by atoms with Gasteiger partial charge in [0.2, 0.25) is 0 Å². The van der Waals surface area contributed by atoms with Crippen molar-refractivity contribution in [2.75, 3.05) is 30.9 Å². The molecule has 1 aromatic heterocycles. The van der Waals surface area contributed by atoms with Crippen LogP contribution < -0.4 is 16.0 Å². The predicted molar refractivity (Wildman–Crippen MR) is 131 cm³/mol. The number of rotatable bonds is 10. The molecule has 2 saturated carbocycles. The summed E-state index contributed by atoms with van der Waals surface area (Å²) in [6.07, 6.45) is 7.98. The van der Waals surface area contributed by atoms with Crippen molar-refractivity contribution in [3.05, 3.63) is 41.6 Å². The molecule has 7 heteroatoms. The minimum absolute atomic E-state index is 0.382. The monoisotopic (exact) mass is 458 g/mol. The van der Waals surface area contributed by atoms with E-state index >= 15 is 0 Å². The SMILES string of the molecule is COCC(C)NC1CCC(Nc2cc(-c3cccc(NCC4(O)CC4)c3)c(Cl)cn2)CC1. The summed E-state index contributed by atoms with van der Waals surface area (Å²) in [6, 6.07) is 11.6. The highest BCUT2D eigenvalue weighted by atomic mass is 35.5. The van der Waals surface area contributed by atoms with Gasteiger partial charge in [0.1, 0.15) is 5.82 Å². The van der Waals surface area contributed by atoms with Crippen molar-refractivity contribution in [2.24, 2.45) is 0 Å². The minimum atomic E-state index is -0.530. The number of aromatic nitrogens is 1. The van der Waals surface area contributed by atoms with E-state index in [2.05, 4.69) is 40.0 Å². The molecule has 2 aromatic rings. The zero-order chi connectivity index (χ0) is 22.6. The summed E-state index contributed by atoms with van der Waals surface area (Å²) in [7, 11) is 1.75. The number of aliphatic hydroxyl groups is 1. The maximum Gasteiger partial charge on any atom is 0.126 e. The molecule has 0 saturated heterocycles. The normalized spacial score (nSPS) is 22.9. The van der Waals surface area contributed by atoms with Crippen molar-refractivity contribution in [3.63, 3.8) is 0 Å². The van der Waals surface area contributed by atoms with Gasteiger partial charge in [-0.05, 0) is 69.2 Å². The number of ether oxygens (including phenoxy) is 1. The maximum absolute atomic E-state index is 10.1. The summed E-state index contributed by atoms with van der Waals surface area (Å²) in [5.74, 6) is 0.860. The van der Waals surface area contributed by atoms with Crippen LogP contribution in [0.5, 0.6) is 0 Å². The van der Waals surface area contributed by atoms with Gasteiger partial charge in [-0.25, -0.2) is 4.98 Å². The van der Waals surface area contributed by atoms with E-state index < -0.39 is 5.60 Å². The molecule has 2 aliphatic carbocycles. The lowest BCUT2D eigenvalue weighted by molar-refractivity contribution is 0.161. The highest BCUT2D eigenvalue weighted by Gasteiger charge is 2.39. The van der Waals surface area contributed by atoms with Crippen LogP contribution in [0, 0.1) is 0 Å². The molecular weight excluding hydrogens is 424 g/mol. The fraction of sp³-hybridized carbons (Fsp3) is 0.560.